The van der Waals surface area contributed by atoms with Crippen LogP contribution in [0.2, 0.25) is 0 Å². The zero-order valence-electron chi connectivity index (χ0n) is 12.9. The largest absolute Gasteiger partial charge is 0.376 e. The van der Waals surface area contributed by atoms with Crippen molar-refractivity contribution in [1.29, 1.82) is 0 Å². The first kappa shape index (κ1) is 16.1. The molecule has 1 aromatic carbocycles. The van der Waals surface area contributed by atoms with Crippen LogP contribution in [0.15, 0.2) is 29.6 Å². The van der Waals surface area contributed by atoms with Gasteiger partial charge in [0.15, 0.2) is 0 Å². The van der Waals surface area contributed by atoms with E-state index in [0.29, 0.717) is 5.69 Å². The molecule has 6 heteroatoms. The number of hydrogen-bond donors (Lipinski definition) is 1. The molecule has 4 nitrogen and oxygen atoms in total. The number of nitrogens with one attached hydrogen (secondary N) is 1. The zero-order chi connectivity index (χ0) is 16.2. The van der Waals surface area contributed by atoms with Crippen molar-refractivity contribution in [2.75, 3.05) is 6.61 Å². The van der Waals surface area contributed by atoms with Gasteiger partial charge in [-0.1, -0.05) is 12.1 Å². The average molecular weight is 334 g/mol. The molecule has 1 fully saturated rings. The summed E-state index contributed by atoms with van der Waals surface area (Å²) in [6, 6.07) is 6.32. The van der Waals surface area contributed by atoms with Crippen LogP contribution in [0, 0.1) is 5.82 Å². The molecule has 0 aliphatic carbocycles. The van der Waals surface area contributed by atoms with Gasteiger partial charge in [-0.05, 0) is 31.9 Å². The minimum absolute atomic E-state index is 0.00586. The van der Waals surface area contributed by atoms with Crippen molar-refractivity contribution in [3.05, 3.63) is 41.2 Å². The summed E-state index contributed by atoms with van der Waals surface area (Å²) >= 11 is 1.42. The van der Waals surface area contributed by atoms with Gasteiger partial charge in [-0.3, -0.25) is 4.79 Å². The Morgan fingerprint density at radius 1 is 1.57 bits per heavy atom. The van der Waals surface area contributed by atoms with E-state index in [1.807, 2.05) is 18.4 Å². The van der Waals surface area contributed by atoms with E-state index in [2.05, 4.69) is 10.3 Å². The first-order valence-electron chi connectivity index (χ1n) is 7.73. The van der Waals surface area contributed by atoms with Gasteiger partial charge in [-0.15, -0.1) is 11.3 Å². The van der Waals surface area contributed by atoms with Gasteiger partial charge in [0.25, 0.3) is 0 Å². The number of amides is 1. The van der Waals surface area contributed by atoms with Crippen LogP contribution in [-0.4, -0.2) is 29.6 Å². The molecule has 1 aliphatic rings. The van der Waals surface area contributed by atoms with E-state index in [1.165, 1.54) is 23.5 Å². The first-order chi connectivity index (χ1) is 11.1. The summed E-state index contributed by atoms with van der Waals surface area (Å²) in [5.74, 6) is -0.355. The molecule has 0 bridgehead atoms. The monoisotopic (exact) mass is 334 g/mol. The summed E-state index contributed by atoms with van der Waals surface area (Å²) in [6.45, 7) is 2.74. The van der Waals surface area contributed by atoms with Crippen molar-refractivity contribution in [3.63, 3.8) is 0 Å². The van der Waals surface area contributed by atoms with Gasteiger partial charge < -0.3 is 10.1 Å². The van der Waals surface area contributed by atoms with Crippen LogP contribution in [0.4, 0.5) is 4.39 Å². The highest BCUT2D eigenvalue weighted by Crippen LogP contribution is 2.24. The minimum Gasteiger partial charge on any atom is -0.376 e. The molecule has 0 saturated carbocycles. The molecule has 122 valence electrons. The van der Waals surface area contributed by atoms with Crippen LogP contribution in [0.5, 0.6) is 0 Å². The smallest absolute Gasteiger partial charge is 0.226 e. The molecule has 1 saturated heterocycles. The maximum atomic E-state index is 13.3. The lowest BCUT2D eigenvalue weighted by atomic mass is 10.1. The van der Waals surface area contributed by atoms with Crippen molar-refractivity contribution in [3.8, 4) is 10.6 Å². The Bertz CT molecular complexity index is 683. The zero-order valence-corrected chi connectivity index (χ0v) is 13.7. The molecule has 0 radical (unpaired) electrons. The number of rotatable bonds is 5. The molecule has 0 spiro atoms. The molecular formula is C17H19FN2O2S. The SMILES string of the molecule is C[C@@H](NC(=O)Cc1csc(-c2cccc(F)c2)n1)[C@H]1CCCO1. The van der Waals surface area contributed by atoms with Crippen molar-refractivity contribution in [2.24, 2.45) is 0 Å². The van der Waals surface area contributed by atoms with Crippen molar-refractivity contribution >= 4 is 17.2 Å². The third-order valence-electron chi connectivity index (χ3n) is 3.88. The Morgan fingerprint density at radius 2 is 2.43 bits per heavy atom. The van der Waals surface area contributed by atoms with E-state index in [-0.39, 0.29) is 30.3 Å². The van der Waals surface area contributed by atoms with Gasteiger partial charge in [0, 0.05) is 17.6 Å². The molecule has 3 rings (SSSR count). The fourth-order valence-electron chi connectivity index (χ4n) is 2.70. The molecular weight excluding hydrogens is 315 g/mol. The molecule has 0 unspecified atom stereocenters. The van der Waals surface area contributed by atoms with Crippen LogP contribution >= 0.6 is 11.3 Å². The number of aromatic nitrogens is 1. The number of carbonyl (C=O) groups is 1. The first-order valence-corrected chi connectivity index (χ1v) is 8.61. The molecule has 23 heavy (non-hydrogen) atoms. The third kappa shape index (κ3) is 4.14. The van der Waals surface area contributed by atoms with Gasteiger partial charge in [0.1, 0.15) is 10.8 Å². The quantitative estimate of drug-likeness (QED) is 0.914. The van der Waals surface area contributed by atoms with E-state index in [9.17, 15) is 9.18 Å². The van der Waals surface area contributed by atoms with Crippen LogP contribution in [0.1, 0.15) is 25.5 Å². The molecule has 1 aromatic heterocycles. The standard InChI is InChI=1S/C17H19FN2O2S/c1-11(15-6-3-7-22-15)19-16(21)9-14-10-23-17(20-14)12-4-2-5-13(18)8-12/h2,4-5,8,10-11,15H,3,6-7,9H2,1H3,(H,19,21)/t11-,15-/m1/s1. The van der Waals surface area contributed by atoms with E-state index >= 15 is 0 Å². The highest BCUT2D eigenvalue weighted by molar-refractivity contribution is 7.13. The number of hydrogen-bond acceptors (Lipinski definition) is 4. The van der Waals surface area contributed by atoms with Crippen LogP contribution < -0.4 is 5.32 Å². The molecule has 2 aromatic rings. The van der Waals surface area contributed by atoms with Crippen molar-refractivity contribution in [2.45, 2.75) is 38.3 Å². The highest BCUT2D eigenvalue weighted by Gasteiger charge is 2.23. The summed E-state index contributed by atoms with van der Waals surface area (Å²) in [5, 5.41) is 5.53. The molecule has 2 atom stereocenters. The van der Waals surface area contributed by atoms with Crippen molar-refractivity contribution in [1.82, 2.24) is 10.3 Å². The fourth-order valence-corrected chi connectivity index (χ4v) is 3.52. The predicted octanol–water partition coefficient (Wildman–Crippen LogP) is 3.18. The lowest BCUT2D eigenvalue weighted by molar-refractivity contribution is -0.121. The predicted molar refractivity (Wildman–Crippen MR) is 87.8 cm³/mol. The molecule has 1 aliphatic heterocycles. The minimum atomic E-state index is -0.289. The normalized spacial score (nSPS) is 18.8. The van der Waals surface area contributed by atoms with Crippen LogP contribution in [0.25, 0.3) is 10.6 Å². The topological polar surface area (TPSA) is 51.2 Å². The van der Waals surface area contributed by atoms with Crippen molar-refractivity contribution < 1.29 is 13.9 Å². The fraction of sp³-hybridized carbons (Fsp3) is 0.412. The third-order valence-corrected chi connectivity index (χ3v) is 4.82. The number of carbonyl (C=O) groups excluding carboxylic acids is 1. The number of ether oxygens (including phenoxy) is 1. The highest BCUT2D eigenvalue weighted by atomic mass is 32.1. The second-order valence-corrected chi connectivity index (χ2v) is 6.60. The van der Waals surface area contributed by atoms with Gasteiger partial charge in [-0.2, -0.15) is 0 Å². The van der Waals surface area contributed by atoms with Gasteiger partial charge >= 0.3 is 0 Å². The Kier molecular flexibility index (Phi) is 5.03. The second-order valence-electron chi connectivity index (χ2n) is 5.74. The van der Waals surface area contributed by atoms with E-state index < -0.39 is 0 Å². The van der Waals surface area contributed by atoms with Gasteiger partial charge in [0.05, 0.1) is 24.3 Å². The summed E-state index contributed by atoms with van der Waals surface area (Å²) < 4.78 is 18.8. The molecule has 1 amide bonds. The Hall–Kier alpha value is -1.79. The Labute approximate surface area is 138 Å². The number of thiazole rings is 1. The number of halogens is 1. The Balaban J connectivity index is 1.59. The van der Waals surface area contributed by atoms with E-state index in [1.54, 1.807) is 6.07 Å². The van der Waals surface area contributed by atoms with Crippen LogP contribution in [0.3, 0.4) is 0 Å². The second kappa shape index (κ2) is 7.19. The summed E-state index contributed by atoms with van der Waals surface area (Å²) in [7, 11) is 0. The number of nitrogens with zero attached hydrogens (tertiary/aromatic N) is 1. The lowest BCUT2D eigenvalue weighted by Crippen LogP contribution is -2.41. The van der Waals surface area contributed by atoms with Gasteiger partial charge in [-0.25, -0.2) is 9.37 Å². The summed E-state index contributed by atoms with van der Waals surface area (Å²) in [5.41, 5.74) is 1.43. The van der Waals surface area contributed by atoms with Crippen LogP contribution in [-0.2, 0) is 16.0 Å². The summed E-state index contributed by atoms with van der Waals surface area (Å²) in [6.07, 6.45) is 2.37. The molecule has 1 N–H and O–H groups in total. The van der Waals surface area contributed by atoms with Gasteiger partial charge in [0.2, 0.25) is 5.91 Å². The summed E-state index contributed by atoms with van der Waals surface area (Å²) in [4.78, 5) is 16.5. The van der Waals surface area contributed by atoms with E-state index in [4.69, 9.17) is 4.74 Å². The lowest BCUT2D eigenvalue weighted by Gasteiger charge is -2.19. The Morgan fingerprint density at radius 3 is 3.17 bits per heavy atom. The van der Waals surface area contributed by atoms with E-state index in [0.717, 1.165) is 30.0 Å². The maximum absolute atomic E-state index is 13.3. The molecule has 2 heterocycles. The number of benzene rings is 1. The average Bonchev–Trinajstić information content (AvgIpc) is 3.18. The maximum Gasteiger partial charge on any atom is 0.226 e.